The monoisotopic (exact) mass is 218 g/mol. The van der Waals surface area contributed by atoms with Crippen molar-refractivity contribution in [1.29, 1.82) is 0 Å². The third-order valence-corrected chi connectivity index (χ3v) is 3.74. The fourth-order valence-electron chi connectivity index (χ4n) is 2.66. The van der Waals surface area contributed by atoms with Gasteiger partial charge in [-0.1, -0.05) is 0 Å². The van der Waals surface area contributed by atoms with Crippen molar-refractivity contribution in [2.45, 2.75) is 18.3 Å². The van der Waals surface area contributed by atoms with E-state index in [1.807, 2.05) is 6.07 Å². The van der Waals surface area contributed by atoms with Gasteiger partial charge >= 0.3 is 0 Å². The number of carbonyl (C=O) groups is 1. The number of nitrogens with zero attached hydrogens (tertiary/aromatic N) is 3. The van der Waals surface area contributed by atoms with Crippen LogP contribution in [-0.2, 0) is 10.2 Å². The molecule has 1 aromatic heterocycles. The quantitative estimate of drug-likeness (QED) is 0.684. The van der Waals surface area contributed by atoms with Gasteiger partial charge < -0.3 is 10.2 Å². The topological polar surface area (TPSA) is 58.1 Å². The summed E-state index contributed by atoms with van der Waals surface area (Å²) in [6.45, 7) is 1.91. The molecule has 2 aliphatic rings. The van der Waals surface area contributed by atoms with Gasteiger partial charge in [0.15, 0.2) is 5.82 Å². The maximum Gasteiger partial charge on any atom is 0.236 e. The number of anilines is 1. The van der Waals surface area contributed by atoms with Crippen molar-refractivity contribution < 1.29 is 4.79 Å². The second kappa shape index (κ2) is 3.25. The van der Waals surface area contributed by atoms with Crippen molar-refractivity contribution in [3.63, 3.8) is 0 Å². The number of piperidine rings is 1. The van der Waals surface area contributed by atoms with Gasteiger partial charge in [-0.2, -0.15) is 5.10 Å². The first-order valence-electron chi connectivity index (χ1n) is 5.54. The molecule has 84 valence electrons. The molecule has 0 aliphatic carbocycles. The number of hydrogen-bond donors (Lipinski definition) is 1. The average Bonchev–Trinajstić information content (AvgIpc) is 2.57. The normalized spacial score (nSPS) is 23.2. The molecule has 1 saturated heterocycles. The van der Waals surface area contributed by atoms with Crippen LogP contribution in [0.2, 0.25) is 0 Å². The fourth-order valence-corrected chi connectivity index (χ4v) is 2.66. The third kappa shape index (κ3) is 1.18. The lowest BCUT2D eigenvalue weighted by atomic mass is 9.74. The second-order valence-corrected chi connectivity index (χ2v) is 4.63. The molecule has 1 amide bonds. The smallest absolute Gasteiger partial charge is 0.236 e. The zero-order valence-electron chi connectivity index (χ0n) is 9.23. The molecule has 3 heterocycles. The van der Waals surface area contributed by atoms with Gasteiger partial charge in [0.25, 0.3) is 0 Å². The number of amides is 1. The van der Waals surface area contributed by atoms with Gasteiger partial charge in [0.05, 0.1) is 11.6 Å². The zero-order chi connectivity index (χ0) is 11.2. The molecule has 3 rings (SSSR count). The Hall–Kier alpha value is -1.49. The first-order chi connectivity index (χ1) is 7.72. The summed E-state index contributed by atoms with van der Waals surface area (Å²) in [4.78, 5) is 14.4. The molecule has 16 heavy (non-hydrogen) atoms. The van der Waals surface area contributed by atoms with E-state index in [9.17, 15) is 4.79 Å². The van der Waals surface area contributed by atoms with Crippen LogP contribution in [-0.4, -0.2) is 41.1 Å². The SMILES string of the molecule is CN1CCC2(CC1)C(=O)Nc1nnccc12. The molecule has 1 fully saturated rings. The van der Waals surface area contributed by atoms with E-state index in [0.717, 1.165) is 31.5 Å². The Bertz CT molecular complexity index is 437. The van der Waals surface area contributed by atoms with Crippen LogP contribution in [0.3, 0.4) is 0 Å². The van der Waals surface area contributed by atoms with E-state index < -0.39 is 0 Å². The molecule has 5 heteroatoms. The maximum atomic E-state index is 12.1. The Morgan fingerprint density at radius 2 is 2.19 bits per heavy atom. The number of fused-ring (bicyclic) bond motifs is 2. The Morgan fingerprint density at radius 1 is 1.44 bits per heavy atom. The predicted octanol–water partition coefficient (Wildman–Crippen LogP) is 0.392. The van der Waals surface area contributed by atoms with Crippen LogP contribution in [0.1, 0.15) is 18.4 Å². The summed E-state index contributed by atoms with van der Waals surface area (Å²) in [6.07, 6.45) is 3.40. The summed E-state index contributed by atoms with van der Waals surface area (Å²) >= 11 is 0. The maximum absolute atomic E-state index is 12.1. The average molecular weight is 218 g/mol. The van der Waals surface area contributed by atoms with Gasteiger partial charge in [-0.3, -0.25) is 4.79 Å². The molecule has 1 spiro atoms. The lowest BCUT2D eigenvalue weighted by Gasteiger charge is -2.35. The van der Waals surface area contributed by atoms with Crippen molar-refractivity contribution in [1.82, 2.24) is 15.1 Å². The molecular formula is C11H14N4O. The van der Waals surface area contributed by atoms with E-state index in [-0.39, 0.29) is 11.3 Å². The Kier molecular flexibility index (Phi) is 1.97. The minimum absolute atomic E-state index is 0.0936. The summed E-state index contributed by atoms with van der Waals surface area (Å²) in [5.41, 5.74) is 0.679. The number of aromatic nitrogens is 2. The third-order valence-electron chi connectivity index (χ3n) is 3.74. The van der Waals surface area contributed by atoms with E-state index in [1.54, 1.807) is 6.20 Å². The number of carbonyl (C=O) groups excluding carboxylic acids is 1. The van der Waals surface area contributed by atoms with Crippen LogP contribution in [0.5, 0.6) is 0 Å². The van der Waals surface area contributed by atoms with E-state index in [4.69, 9.17) is 0 Å². The molecule has 5 nitrogen and oxygen atoms in total. The van der Waals surface area contributed by atoms with E-state index in [2.05, 4.69) is 27.5 Å². The van der Waals surface area contributed by atoms with Gasteiger partial charge in [-0.15, -0.1) is 5.10 Å². The molecule has 0 atom stereocenters. The molecule has 2 aliphatic heterocycles. The molecular weight excluding hydrogens is 204 g/mol. The number of likely N-dealkylation sites (tertiary alicyclic amines) is 1. The summed E-state index contributed by atoms with van der Waals surface area (Å²) < 4.78 is 0. The molecule has 1 N–H and O–H groups in total. The van der Waals surface area contributed by atoms with Crippen molar-refractivity contribution in [2.24, 2.45) is 0 Å². The Balaban J connectivity index is 2.04. The summed E-state index contributed by atoms with van der Waals surface area (Å²) in [6, 6.07) is 1.92. The first kappa shape index (κ1) is 9.72. The molecule has 0 saturated carbocycles. The van der Waals surface area contributed by atoms with Gasteiger partial charge in [0, 0.05) is 5.56 Å². The van der Waals surface area contributed by atoms with Gasteiger partial charge in [-0.25, -0.2) is 0 Å². The highest BCUT2D eigenvalue weighted by Crippen LogP contribution is 2.43. The molecule has 0 radical (unpaired) electrons. The summed E-state index contributed by atoms with van der Waals surface area (Å²) in [5, 5.41) is 10.6. The van der Waals surface area contributed by atoms with Crippen LogP contribution < -0.4 is 5.32 Å². The van der Waals surface area contributed by atoms with Crippen molar-refractivity contribution in [3.05, 3.63) is 17.8 Å². The second-order valence-electron chi connectivity index (χ2n) is 4.63. The van der Waals surface area contributed by atoms with Gasteiger partial charge in [-0.05, 0) is 39.0 Å². The predicted molar refractivity (Wildman–Crippen MR) is 59.1 cm³/mol. The van der Waals surface area contributed by atoms with Crippen LogP contribution in [0.15, 0.2) is 12.3 Å². The summed E-state index contributed by atoms with van der Waals surface area (Å²) in [7, 11) is 2.09. The minimum atomic E-state index is -0.349. The lowest BCUT2D eigenvalue weighted by Crippen LogP contribution is -2.45. The van der Waals surface area contributed by atoms with Gasteiger partial charge in [0.2, 0.25) is 5.91 Å². The zero-order valence-corrected chi connectivity index (χ0v) is 9.23. The van der Waals surface area contributed by atoms with Crippen LogP contribution >= 0.6 is 0 Å². The Morgan fingerprint density at radius 3 is 2.94 bits per heavy atom. The summed E-state index contributed by atoms with van der Waals surface area (Å²) in [5.74, 6) is 0.744. The molecule has 1 aromatic rings. The molecule has 0 aromatic carbocycles. The van der Waals surface area contributed by atoms with Crippen LogP contribution in [0.4, 0.5) is 5.82 Å². The fraction of sp³-hybridized carbons (Fsp3) is 0.545. The first-order valence-corrected chi connectivity index (χ1v) is 5.54. The van der Waals surface area contributed by atoms with Crippen LogP contribution in [0, 0.1) is 0 Å². The largest absolute Gasteiger partial charge is 0.308 e. The van der Waals surface area contributed by atoms with Crippen molar-refractivity contribution in [2.75, 3.05) is 25.5 Å². The van der Waals surface area contributed by atoms with E-state index in [1.165, 1.54) is 0 Å². The van der Waals surface area contributed by atoms with E-state index in [0.29, 0.717) is 5.82 Å². The highest BCUT2D eigenvalue weighted by atomic mass is 16.2. The standard InChI is InChI=1S/C11H14N4O/c1-15-6-3-11(4-7-15)8-2-5-12-14-9(8)13-10(11)16/h2,5H,3-4,6-7H2,1H3,(H,13,14,16). The molecule has 0 bridgehead atoms. The number of hydrogen-bond acceptors (Lipinski definition) is 4. The highest BCUT2D eigenvalue weighted by Gasteiger charge is 2.48. The van der Waals surface area contributed by atoms with Crippen LogP contribution in [0.25, 0.3) is 0 Å². The Labute approximate surface area is 93.9 Å². The lowest BCUT2D eigenvalue weighted by molar-refractivity contribution is -0.122. The minimum Gasteiger partial charge on any atom is -0.308 e. The van der Waals surface area contributed by atoms with Crippen molar-refractivity contribution in [3.8, 4) is 0 Å². The number of rotatable bonds is 0. The highest BCUT2D eigenvalue weighted by molar-refractivity contribution is 6.05. The van der Waals surface area contributed by atoms with Crippen molar-refractivity contribution >= 4 is 11.7 Å². The van der Waals surface area contributed by atoms with E-state index >= 15 is 0 Å². The number of nitrogens with one attached hydrogen (secondary N) is 1. The van der Waals surface area contributed by atoms with Gasteiger partial charge in [0.1, 0.15) is 0 Å². The molecule has 0 unspecified atom stereocenters.